The van der Waals surface area contributed by atoms with Crippen LogP contribution in [0.1, 0.15) is 12.6 Å². The van der Waals surface area contributed by atoms with E-state index in [2.05, 4.69) is 5.16 Å². The molecular weight excluding hydrogens is 280 g/mol. The standard InChI is InChI=1S/C13H16N2O4S/c1-2-17-13(16)10(14)8-20-7-9-6-12(19-15-9)11-4-3-5-18-11/h3-6,10H,2,7-8,14H2,1H3. The van der Waals surface area contributed by atoms with Gasteiger partial charge in [0, 0.05) is 17.6 Å². The summed E-state index contributed by atoms with van der Waals surface area (Å²) in [4.78, 5) is 11.3. The van der Waals surface area contributed by atoms with Crippen LogP contribution in [0.25, 0.3) is 11.5 Å². The van der Waals surface area contributed by atoms with Gasteiger partial charge in [-0.2, -0.15) is 11.8 Å². The summed E-state index contributed by atoms with van der Waals surface area (Å²) in [6, 6.07) is 4.77. The summed E-state index contributed by atoms with van der Waals surface area (Å²) in [5, 5.41) is 3.94. The number of furan rings is 1. The Morgan fingerprint density at radius 1 is 1.55 bits per heavy atom. The smallest absolute Gasteiger partial charge is 0.323 e. The Balaban J connectivity index is 1.79. The first-order valence-electron chi connectivity index (χ1n) is 6.20. The van der Waals surface area contributed by atoms with E-state index in [1.807, 2.05) is 6.07 Å². The molecule has 7 heteroatoms. The Hall–Kier alpha value is -1.73. The first-order valence-corrected chi connectivity index (χ1v) is 7.35. The van der Waals surface area contributed by atoms with Gasteiger partial charge in [-0.25, -0.2) is 0 Å². The van der Waals surface area contributed by atoms with Crippen LogP contribution in [0, 0.1) is 0 Å². The lowest BCUT2D eigenvalue weighted by Gasteiger charge is -2.08. The number of thioether (sulfide) groups is 1. The van der Waals surface area contributed by atoms with Crippen LogP contribution in [-0.2, 0) is 15.3 Å². The van der Waals surface area contributed by atoms with Crippen molar-refractivity contribution >= 4 is 17.7 Å². The van der Waals surface area contributed by atoms with Crippen molar-refractivity contribution in [1.82, 2.24) is 5.16 Å². The predicted molar refractivity (Wildman–Crippen MR) is 75.0 cm³/mol. The first kappa shape index (κ1) is 14.7. The van der Waals surface area contributed by atoms with E-state index in [1.54, 1.807) is 25.3 Å². The van der Waals surface area contributed by atoms with Gasteiger partial charge in [-0.15, -0.1) is 0 Å². The van der Waals surface area contributed by atoms with Crippen molar-refractivity contribution in [1.29, 1.82) is 0 Å². The molecule has 1 unspecified atom stereocenters. The molecule has 2 heterocycles. The second kappa shape index (κ2) is 7.16. The molecule has 0 aromatic carbocycles. The molecule has 0 fully saturated rings. The number of ether oxygens (including phenoxy) is 1. The van der Waals surface area contributed by atoms with Crippen LogP contribution in [0.5, 0.6) is 0 Å². The number of hydrogen-bond acceptors (Lipinski definition) is 7. The molecule has 0 aliphatic heterocycles. The lowest BCUT2D eigenvalue weighted by Crippen LogP contribution is -2.34. The lowest BCUT2D eigenvalue weighted by molar-refractivity contribution is -0.144. The number of carbonyl (C=O) groups is 1. The number of aromatic nitrogens is 1. The molecule has 2 aromatic heterocycles. The normalized spacial score (nSPS) is 12.3. The quantitative estimate of drug-likeness (QED) is 0.782. The van der Waals surface area contributed by atoms with Gasteiger partial charge in [0.15, 0.2) is 5.76 Å². The second-order valence-electron chi connectivity index (χ2n) is 4.03. The Morgan fingerprint density at radius 2 is 2.40 bits per heavy atom. The third kappa shape index (κ3) is 3.88. The molecule has 2 N–H and O–H groups in total. The van der Waals surface area contributed by atoms with Crippen molar-refractivity contribution in [2.24, 2.45) is 5.73 Å². The number of nitrogens with two attached hydrogens (primary N) is 1. The summed E-state index contributed by atoms with van der Waals surface area (Å²) < 4.78 is 15.2. The summed E-state index contributed by atoms with van der Waals surface area (Å²) in [7, 11) is 0. The Morgan fingerprint density at radius 3 is 3.10 bits per heavy atom. The highest BCUT2D eigenvalue weighted by atomic mass is 32.2. The molecule has 0 aliphatic rings. The van der Waals surface area contributed by atoms with E-state index in [9.17, 15) is 4.79 Å². The van der Waals surface area contributed by atoms with Gasteiger partial charge in [0.25, 0.3) is 0 Å². The predicted octanol–water partition coefficient (Wildman–Crippen LogP) is 2.06. The number of esters is 1. The minimum absolute atomic E-state index is 0.340. The minimum Gasteiger partial charge on any atom is -0.465 e. The van der Waals surface area contributed by atoms with E-state index in [4.69, 9.17) is 19.4 Å². The van der Waals surface area contributed by atoms with Crippen molar-refractivity contribution in [2.75, 3.05) is 12.4 Å². The SMILES string of the molecule is CCOC(=O)C(N)CSCc1cc(-c2ccco2)on1. The molecule has 2 rings (SSSR count). The van der Waals surface area contributed by atoms with Crippen LogP contribution in [0.2, 0.25) is 0 Å². The molecule has 0 saturated heterocycles. The van der Waals surface area contributed by atoms with Crippen molar-refractivity contribution in [3.63, 3.8) is 0 Å². The maximum absolute atomic E-state index is 11.3. The fourth-order valence-electron chi connectivity index (χ4n) is 1.52. The molecule has 0 amide bonds. The van der Waals surface area contributed by atoms with E-state index < -0.39 is 6.04 Å². The highest BCUT2D eigenvalue weighted by Crippen LogP contribution is 2.22. The van der Waals surface area contributed by atoms with Crippen molar-refractivity contribution in [2.45, 2.75) is 18.7 Å². The van der Waals surface area contributed by atoms with E-state index in [0.717, 1.165) is 5.69 Å². The van der Waals surface area contributed by atoms with Crippen LogP contribution in [-0.4, -0.2) is 29.5 Å². The summed E-state index contributed by atoms with van der Waals surface area (Å²) in [5.74, 6) is 1.92. The number of hydrogen-bond donors (Lipinski definition) is 1. The Kier molecular flexibility index (Phi) is 5.25. The zero-order chi connectivity index (χ0) is 14.4. The van der Waals surface area contributed by atoms with E-state index in [1.165, 1.54) is 11.8 Å². The van der Waals surface area contributed by atoms with Gasteiger partial charge in [0.1, 0.15) is 6.04 Å². The van der Waals surface area contributed by atoms with Crippen LogP contribution in [0.15, 0.2) is 33.4 Å². The summed E-state index contributed by atoms with van der Waals surface area (Å²) in [6.45, 7) is 2.09. The molecule has 1 atom stereocenters. The van der Waals surface area contributed by atoms with Gasteiger partial charge in [-0.3, -0.25) is 4.79 Å². The molecule has 0 bridgehead atoms. The molecular formula is C13H16N2O4S. The van der Waals surface area contributed by atoms with Crippen LogP contribution >= 0.6 is 11.8 Å². The zero-order valence-electron chi connectivity index (χ0n) is 11.1. The van der Waals surface area contributed by atoms with E-state index in [-0.39, 0.29) is 5.97 Å². The van der Waals surface area contributed by atoms with E-state index in [0.29, 0.717) is 29.6 Å². The summed E-state index contributed by atoms with van der Waals surface area (Å²) in [5.41, 5.74) is 6.47. The van der Waals surface area contributed by atoms with Crippen molar-refractivity contribution < 1.29 is 18.5 Å². The third-order valence-corrected chi connectivity index (χ3v) is 3.55. The average molecular weight is 296 g/mol. The number of nitrogens with zero attached hydrogens (tertiary/aromatic N) is 1. The van der Waals surface area contributed by atoms with Crippen LogP contribution in [0.3, 0.4) is 0 Å². The maximum atomic E-state index is 11.3. The molecule has 0 saturated carbocycles. The third-order valence-electron chi connectivity index (χ3n) is 2.46. The molecule has 108 valence electrons. The topological polar surface area (TPSA) is 91.5 Å². The van der Waals surface area contributed by atoms with Gasteiger partial charge < -0.3 is 19.4 Å². The molecule has 0 spiro atoms. The molecule has 6 nitrogen and oxygen atoms in total. The van der Waals surface area contributed by atoms with Gasteiger partial charge in [0.05, 0.1) is 18.6 Å². The average Bonchev–Trinajstić information content (AvgIpc) is 3.09. The zero-order valence-corrected chi connectivity index (χ0v) is 11.9. The number of carbonyl (C=O) groups excluding carboxylic acids is 1. The van der Waals surface area contributed by atoms with Gasteiger partial charge in [0.2, 0.25) is 5.76 Å². The van der Waals surface area contributed by atoms with Gasteiger partial charge >= 0.3 is 5.97 Å². The second-order valence-corrected chi connectivity index (χ2v) is 5.06. The monoisotopic (exact) mass is 296 g/mol. The Bertz CT molecular complexity index is 538. The summed E-state index contributed by atoms with van der Waals surface area (Å²) in [6.07, 6.45) is 1.57. The molecule has 0 aliphatic carbocycles. The summed E-state index contributed by atoms with van der Waals surface area (Å²) >= 11 is 1.50. The fourth-order valence-corrected chi connectivity index (χ4v) is 2.38. The fraction of sp³-hybridized carbons (Fsp3) is 0.385. The van der Waals surface area contributed by atoms with E-state index >= 15 is 0 Å². The van der Waals surface area contributed by atoms with Crippen molar-refractivity contribution in [3.05, 3.63) is 30.2 Å². The largest absolute Gasteiger partial charge is 0.465 e. The van der Waals surface area contributed by atoms with Crippen LogP contribution < -0.4 is 5.73 Å². The highest BCUT2D eigenvalue weighted by molar-refractivity contribution is 7.98. The Labute approximate surface area is 120 Å². The lowest BCUT2D eigenvalue weighted by atomic mass is 10.3. The first-order chi connectivity index (χ1) is 9.70. The van der Waals surface area contributed by atoms with Gasteiger partial charge in [-0.1, -0.05) is 5.16 Å². The minimum atomic E-state index is -0.614. The van der Waals surface area contributed by atoms with Crippen molar-refractivity contribution in [3.8, 4) is 11.5 Å². The molecule has 2 aromatic rings. The maximum Gasteiger partial charge on any atom is 0.323 e. The van der Waals surface area contributed by atoms with Crippen LogP contribution in [0.4, 0.5) is 0 Å². The highest BCUT2D eigenvalue weighted by Gasteiger charge is 2.15. The molecule has 20 heavy (non-hydrogen) atoms. The number of rotatable bonds is 7. The van der Waals surface area contributed by atoms with Gasteiger partial charge in [-0.05, 0) is 19.1 Å². The molecule has 0 radical (unpaired) electrons.